The maximum atomic E-state index is 4.59. The number of thioether (sulfide) groups is 1. The minimum Gasteiger partial charge on any atom is -0.143 e. The summed E-state index contributed by atoms with van der Waals surface area (Å²) in [6.07, 6.45) is 8.86. The largest absolute Gasteiger partial charge is 0.143 e. The molecular weight excluding hydrogens is 680 g/mol. The van der Waals surface area contributed by atoms with Gasteiger partial charge >= 0.3 is 0 Å². The number of allylic oxidation sites excluding steroid dienone is 4. The molecule has 0 atom stereocenters. The van der Waals surface area contributed by atoms with E-state index in [2.05, 4.69) is 164 Å². The number of hydrogen-bond acceptors (Lipinski definition) is 4. The molecular formula is C45H53BS4. The maximum absolute atomic E-state index is 4.59. The molecule has 0 aliphatic rings. The first-order valence-electron chi connectivity index (χ1n) is 17.6. The summed E-state index contributed by atoms with van der Waals surface area (Å²) in [6.45, 7) is 16.7. The Labute approximate surface area is 324 Å². The summed E-state index contributed by atoms with van der Waals surface area (Å²) in [5.74, 6) is 0. The van der Waals surface area contributed by atoms with Gasteiger partial charge in [0.25, 0.3) is 0 Å². The predicted molar refractivity (Wildman–Crippen MR) is 235 cm³/mol. The van der Waals surface area contributed by atoms with Crippen molar-refractivity contribution in [1.29, 1.82) is 0 Å². The fourth-order valence-electron chi connectivity index (χ4n) is 6.40. The Bertz CT molecular complexity index is 1890. The van der Waals surface area contributed by atoms with Crippen LogP contribution < -0.4 is 0 Å². The highest BCUT2D eigenvalue weighted by Crippen LogP contribution is 2.40. The van der Waals surface area contributed by atoms with Crippen molar-refractivity contribution < 1.29 is 0 Å². The highest BCUT2D eigenvalue weighted by molar-refractivity contribution is 7.98. The first-order valence-corrected chi connectivity index (χ1v) is 20.6. The van der Waals surface area contributed by atoms with Crippen LogP contribution in [0, 0.1) is 13.8 Å². The van der Waals surface area contributed by atoms with Crippen LogP contribution >= 0.6 is 48.4 Å². The first kappa shape index (κ1) is 41.6. The SMILES string of the molecule is C/C=C(\C(C)=C(/C)c1cc(C)cc(SC)c1)c1ccccc1CCCCc1ccccc1-c1csc(-c2cc(S)cc(S)c2)c1C.CC.[B]C. The fourth-order valence-corrected chi connectivity index (χ4v) is 8.69. The molecule has 0 spiro atoms. The normalized spacial score (nSPS) is 11.6. The van der Waals surface area contributed by atoms with E-state index in [1.54, 1.807) is 0 Å². The molecule has 0 nitrogen and oxygen atoms in total. The second-order valence-corrected chi connectivity index (χ2v) is 14.8. The Hall–Kier alpha value is -2.83. The highest BCUT2D eigenvalue weighted by atomic mass is 32.2. The van der Waals surface area contributed by atoms with Gasteiger partial charge in [0.15, 0.2) is 0 Å². The lowest BCUT2D eigenvalue weighted by Gasteiger charge is -2.17. The molecule has 5 rings (SSSR count). The molecule has 0 bridgehead atoms. The van der Waals surface area contributed by atoms with E-state index in [9.17, 15) is 0 Å². The Balaban J connectivity index is 0.00000163. The lowest BCUT2D eigenvalue weighted by molar-refractivity contribution is 0.734. The summed E-state index contributed by atoms with van der Waals surface area (Å²) in [5, 5.41) is 2.32. The van der Waals surface area contributed by atoms with Gasteiger partial charge in [0.1, 0.15) is 0 Å². The number of hydrogen-bond donors (Lipinski definition) is 2. The summed E-state index contributed by atoms with van der Waals surface area (Å²) < 4.78 is 0. The molecule has 5 aromatic rings. The molecule has 0 saturated carbocycles. The molecule has 1 heterocycles. The molecule has 1 aromatic heterocycles. The number of benzene rings is 4. The van der Waals surface area contributed by atoms with E-state index in [0.717, 1.165) is 35.5 Å². The van der Waals surface area contributed by atoms with Crippen LogP contribution in [0.5, 0.6) is 0 Å². The fraction of sp³-hybridized carbons (Fsp3) is 0.289. The van der Waals surface area contributed by atoms with Crippen LogP contribution in [-0.2, 0) is 12.8 Å². The molecule has 0 unspecified atom stereocenters. The highest BCUT2D eigenvalue weighted by Gasteiger charge is 2.16. The third kappa shape index (κ3) is 10.6. The third-order valence-corrected chi connectivity index (χ3v) is 11.3. The van der Waals surface area contributed by atoms with Gasteiger partial charge in [-0.2, -0.15) is 0 Å². The van der Waals surface area contributed by atoms with Crippen LogP contribution in [-0.4, -0.2) is 14.1 Å². The van der Waals surface area contributed by atoms with Gasteiger partial charge < -0.3 is 0 Å². The van der Waals surface area contributed by atoms with Gasteiger partial charge in [0, 0.05) is 19.6 Å². The van der Waals surface area contributed by atoms with Crippen molar-refractivity contribution in [3.8, 4) is 21.6 Å². The molecule has 0 aliphatic heterocycles. The van der Waals surface area contributed by atoms with Crippen LogP contribution in [0.4, 0.5) is 0 Å². The Morgan fingerprint density at radius 2 is 1.38 bits per heavy atom. The average Bonchev–Trinajstić information content (AvgIpc) is 3.52. The van der Waals surface area contributed by atoms with E-state index >= 15 is 0 Å². The van der Waals surface area contributed by atoms with E-state index in [1.165, 1.54) is 83.4 Å². The minimum atomic E-state index is 0.942. The van der Waals surface area contributed by atoms with Gasteiger partial charge in [-0.3, -0.25) is 0 Å². The first-order chi connectivity index (χ1) is 24.2. The van der Waals surface area contributed by atoms with Crippen LogP contribution in [0.3, 0.4) is 0 Å². The topological polar surface area (TPSA) is 0 Å². The Morgan fingerprint density at radius 3 is 2.02 bits per heavy atom. The van der Waals surface area contributed by atoms with E-state index in [-0.39, 0.29) is 0 Å². The Kier molecular flexibility index (Phi) is 17.4. The smallest absolute Gasteiger partial charge is 0.0606 e. The van der Waals surface area contributed by atoms with Crippen molar-refractivity contribution in [2.75, 3.05) is 6.26 Å². The molecule has 0 saturated heterocycles. The van der Waals surface area contributed by atoms with E-state index in [1.807, 2.05) is 43.0 Å². The van der Waals surface area contributed by atoms with Crippen LogP contribution in [0.25, 0.3) is 32.7 Å². The van der Waals surface area contributed by atoms with Crippen molar-refractivity contribution in [3.05, 3.63) is 135 Å². The van der Waals surface area contributed by atoms with Crippen LogP contribution in [0.15, 0.2) is 117 Å². The molecule has 260 valence electrons. The average molecular weight is 733 g/mol. The summed E-state index contributed by atoms with van der Waals surface area (Å²) in [4.78, 5) is 4.49. The van der Waals surface area contributed by atoms with Crippen molar-refractivity contribution in [2.24, 2.45) is 0 Å². The van der Waals surface area contributed by atoms with Crippen molar-refractivity contribution in [2.45, 2.75) is 95.7 Å². The zero-order valence-electron chi connectivity index (χ0n) is 31.4. The molecule has 0 amide bonds. The third-order valence-electron chi connectivity index (χ3n) is 8.94. The summed E-state index contributed by atoms with van der Waals surface area (Å²) in [7, 11) is 4.50. The minimum absolute atomic E-state index is 0.942. The molecule has 0 N–H and O–H groups in total. The standard InChI is InChI=1S/C42H44S4.C2H6.CH3B/c1-7-38(29(4)28(3)33-20-27(2)21-37(24-33)45-6)39-18-12-10-16-31(39)14-8-9-15-32-17-11-13-19-40(32)41-26-46-42(30(41)5)34-22-35(43)25-36(44)23-34;2*1-2/h7,10-13,16-26,43-44H,8-9,14-15H2,1-6H3;1-2H3;1H3/b29-28+,38-7+;;. The van der Waals surface area contributed by atoms with Gasteiger partial charge in [-0.25, -0.2) is 0 Å². The lowest BCUT2D eigenvalue weighted by Crippen LogP contribution is -1.98. The zero-order chi connectivity index (χ0) is 36.8. The van der Waals surface area contributed by atoms with E-state index in [4.69, 9.17) is 0 Å². The van der Waals surface area contributed by atoms with Gasteiger partial charge in [0.05, 0.1) is 7.85 Å². The number of unbranched alkanes of at least 4 members (excludes halogenated alkanes) is 1. The quantitative estimate of drug-likeness (QED) is 0.0448. The number of rotatable bonds is 11. The monoisotopic (exact) mass is 732 g/mol. The van der Waals surface area contributed by atoms with E-state index < -0.39 is 0 Å². The summed E-state index contributed by atoms with van der Waals surface area (Å²) in [5.41, 5.74) is 16.1. The maximum Gasteiger partial charge on any atom is 0.0606 e. The molecule has 50 heavy (non-hydrogen) atoms. The van der Waals surface area contributed by atoms with Gasteiger partial charge in [-0.1, -0.05) is 81.3 Å². The van der Waals surface area contributed by atoms with Crippen LogP contribution in [0.1, 0.15) is 80.8 Å². The summed E-state index contributed by atoms with van der Waals surface area (Å²) in [6, 6.07) is 31.1. The van der Waals surface area contributed by atoms with Gasteiger partial charge in [-0.15, -0.1) is 48.4 Å². The molecule has 5 heteroatoms. The Morgan fingerprint density at radius 1 is 0.780 bits per heavy atom. The number of thiol groups is 2. The summed E-state index contributed by atoms with van der Waals surface area (Å²) >= 11 is 12.8. The molecule has 0 fully saturated rings. The number of thiophene rings is 1. The molecule has 2 radical (unpaired) electrons. The van der Waals surface area contributed by atoms with Crippen molar-refractivity contribution in [1.82, 2.24) is 0 Å². The predicted octanol–water partition coefficient (Wildman–Crippen LogP) is 14.7. The molecule has 4 aromatic carbocycles. The second kappa shape index (κ2) is 20.9. The van der Waals surface area contributed by atoms with Crippen LogP contribution in [0.2, 0.25) is 6.82 Å². The van der Waals surface area contributed by atoms with E-state index in [0.29, 0.717) is 0 Å². The lowest BCUT2D eigenvalue weighted by atomic mass is 9.88. The second-order valence-electron chi connectivity index (χ2n) is 12.1. The van der Waals surface area contributed by atoms with Gasteiger partial charge in [0.2, 0.25) is 0 Å². The molecule has 0 aliphatic carbocycles. The van der Waals surface area contributed by atoms with Crippen molar-refractivity contribution >= 4 is 67.3 Å². The zero-order valence-corrected chi connectivity index (χ0v) is 34.8. The van der Waals surface area contributed by atoms with Crippen molar-refractivity contribution in [3.63, 3.8) is 0 Å². The van der Waals surface area contributed by atoms with Gasteiger partial charge in [-0.05, 0) is 169 Å². The number of aryl methyl sites for hydroxylation is 3.